The van der Waals surface area contributed by atoms with Crippen LogP contribution in [0.25, 0.3) is 0 Å². The molecule has 6 heteroatoms. The number of benzene rings is 1. The smallest absolute Gasteiger partial charge is 0.345 e. The SMILES string of the molecule is CCCCOC(=O)c1ccc(I)cc1[N+](=O)[O-]. The van der Waals surface area contributed by atoms with Gasteiger partial charge in [-0.25, -0.2) is 4.79 Å². The van der Waals surface area contributed by atoms with Crippen molar-refractivity contribution in [3.63, 3.8) is 0 Å². The van der Waals surface area contributed by atoms with E-state index >= 15 is 0 Å². The molecule has 0 amide bonds. The molecule has 0 unspecified atom stereocenters. The third-order valence-electron chi connectivity index (χ3n) is 2.11. The number of hydrogen-bond acceptors (Lipinski definition) is 4. The third-order valence-corrected chi connectivity index (χ3v) is 2.78. The van der Waals surface area contributed by atoms with Crippen LogP contribution in [0.3, 0.4) is 0 Å². The normalized spacial score (nSPS) is 10.0. The van der Waals surface area contributed by atoms with Crippen LogP contribution in [-0.4, -0.2) is 17.5 Å². The number of nitro benzene ring substituents is 1. The Bertz CT molecular complexity index is 433. The van der Waals surface area contributed by atoms with Gasteiger partial charge in [0.15, 0.2) is 0 Å². The Morgan fingerprint density at radius 1 is 1.53 bits per heavy atom. The van der Waals surface area contributed by atoms with E-state index in [-0.39, 0.29) is 11.3 Å². The number of rotatable bonds is 5. The Morgan fingerprint density at radius 2 is 2.24 bits per heavy atom. The maximum absolute atomic E-state index is 11.6. The number of esters is 1. The Hall–Kier alpha value is -1.18. The second kappa shape index (κ2) is 6.53. The third kappa shape index (κ3) is 3.95. The minimum absolute atomic E-state index is 0.00604. The van der Waals surface area contributed by atoms with E-state index in [0.717, 1.165) is 12.8 Å². The van der Waals surface area contributed by atoms with E-state index in [4.69, 9.17) is 4.74 Å². The molecule has 0 radical (unpaired) electrons. The average molecular weight is 349 g/mol. The number of halogens is 1. The first-order valence-corrected chi connectivity index (χ1v) is 6.25. The lowest BCUT2D eigenvalue weighted by Crippen LogP contribution is -2.09. The van der Waals surface area contributed by atoms with Gasteiger partial charge in [-0.1, -0.05) is 13.3 Å². The summed E-state index contributed by atoms with van der Waals surface area (Å²) in [4.78, 5) is 21.9. The van der Waals surface area contributed by atoms with E-state index in [0.29, 0.717) is 10.2 Å². The standard InChI is InChI=1S/C11H12INO4/c1-2-3-6-17-11(14)9-5-4-8(12)7-10(9)13(15)16/h4-5,7H,2-3,6H2,1H3. The summed E-state index contributed by atoms with van der Waals surface area (Å²) in [6.45, 7) is 2.26. The maximum Gasteiger partial charge on any atom is 0.345 e. The monoisotopic (exact) mass is 349 g/mol. The fourth-order valence-corrected chi connectivity index (χ4v) is 1.69. The van der Waals surface area contributed by atoms with Crippen molar-refractivity contribution >= 4 is 34.2 Å². The average Bonchev–Trinajstić information content (AvgIpc) is 2.29. The predicted octanol–water partition coefficient (Wildman–Crippen LogP) is 3.16. The highest BCUT2D eigenvalue weighted by Gasteiger charge is 2.21. The van der Waals surface area contributed by atoms with Gasteiger partial charge in [0, 0.05) is 9.64 Å². The molecule has 0 heterocycles. The molecule has 5 nitrogen and oxygen atoms in total. The lowest BCUT2D eigenvalue weighted by molar-refractivity contribution is -0.385. The van der Waals surface area contributed by atoms with Gasteiger partial charge in [-0.15, -0.1) is 0 Å². The highest BCUT2D eigenvalue weighted by atomic mass is 127. The molecule has 0 aliphatic carbocycles. The van der Waals surface area contributed by atoms with E-state index in [9.17, 15) is 14.9 Å². The molecule has 0 fully saturated rings. The van der Waals surface area contributed by atoms with Crippen molar-refractivity contribution in [3.05, 3.63) is 37.4 Å². The first kappa shape index (κ1) is 13.9. The molecule has 0 atom stereocenters. The quantitative estimate of drug-likeness (QED) is 0.269. The molecule has 0 saturated carbocycles. The van der Waals surface area contributed by atoms with Gasteiger partial charge < -0.3 is 4.74 Å². The number of unbranched alkanes of at least 4 members (excludes halogenated alkanes) is 1. The highest BCUT2D eigenvalue weighted by Crippen LogP contribution is 2.22. The first-order valence-electron chi connectivity index (χ1n) is 5.17. The van der Waals surface area contributed by atoms with Gasteiger partial charge in [-0.05, 0) is 41.1 Å². The zero-order valence-electron chi connectivity index (χ0n) is 9.31. The van der Waals surface area contributed by atoms with E-state index in [1.54, 1.807) is 6.07 Å². The molecule has 0 N–H and O–H groups in total. The molecule has 0 bridgehead atoms. The molecule has 17 heavy (non-hydrogen) atoms. The van der Waals surface area contributed by atoms with Gasteiger partial charge in [0.2, 0.25) is 0 Å². The lowest BCUT2D eigenvalue weighted by atomic mass is 10.2. The summed E-state index contributed by atoms with van der Waals surface area (Å²) in [5.74, 6) is -0.637. The topological polar surface area (TPSA) is 69.4 Å². The molecule has 1 aromatic carbocycles. The Balaban J connectivity index is 2.89. The van der Waals surface area contributed by atoms with Gasteiger partial charge in [0.1, 0.15) is 5.56 Å². The van der Waals surface area contributed by atoms with Crippen molar-refractivity contribution in [3.8, 4) is 0 Å². The van der Waals surface area contributed by atoms with Gasteiger partial charge in [-0.2, -0.15) is 0 Å². The fourth-order valence-electron chi connectivity index (χ4n) is 1.22. The molecule has 0 aliphatic heterocycles. The van der Waals surface area contributed by atoms with Crippen molar-refractivity contribution in [2.45, 2.75) is 19.8 Å². The molecule has 0 aliphatic rings. The Labute approximate surface area is 112 Å². The van der Waals surface area contributed by atoms with E-state index < -0.39 is 10.9 Å². The molecule has 1 aromatic rings. The second-order valence-electron chi connectivity index (χ2n) is 3.41. The van der Waals surface area contributed by atoms with Crippen LogP contribution < -0.4 is 0 Å². The van der Waals surface area contributed by atoms with Crippen molar-refractivity contribution in [2.75, 3.05) is 6.61 Å². The molecule has 0 spiro atoms. The molecule has 92 valence electrons. The number of nitrogens with zero attached hydrogens (tertiary/aromatic N) is 1. The number of nitro groups is 1. The minimum atomic E-state index is -0.637. The predicted molar refractivity (Wildman–Crippen MR) is 71.0 cm³/mol. The van der Waals surface area contributed by atoms with Crippen LogP contribution in [0.1, 0.15) is 30.1 Å². The lowest BCUT2D eigenvalue weighted by Gasteiger charge is -2.04. The summed E-state index contributed by atoms with van der Waals surface area (Å²) in [6, 6.07) is 4.43. The van der Waals surface area contributed by atoms with Gasteiger partial charge >= 0.3 is 5.97 Å². The largest absolute Gasteiger partial charge is 0.462 e. The highest BCUT2D eigenvalue weighted by molar-refractivity contribution is 14.1. The summed E-state index contributed by atoms with van der Waals surface area (Å²) in [7, 11) is 0. The number of carbonyl (C=O) groups is 1. The fraction of sp³-hybridized carbons (Fsp3) is 0.364. The van der Waals surface area contributed by atoms with E-state index in [2.05, 4.69) is 0 Å². The van der Waals surface area contributed by atoms with Crippen LogP contribution in [-0.2, 0) is 4.74 Å². The van der Waals surface area contributed by atoms with Crippen molar-refractivity contribution in [1.29, 1.82) is 0 Å². The first-order chi connectivity index (χ1) is 8.06. The van der Waals surface area contributed by atoms with Crippen molar-refractivity contribution < 1.29 is 14.5 Å². The Morgan fingerprint density at radius 3 is 2.82 bits per heavy atom. The van der Waals surface area contributed by atoms with Crippen LogP contribution in [0, 0.1) is 13.7 Å². The van der Waals surface area contributed by atoms with Gasteiger partial charge in [0.25, 0.3) is 5.69 Å². The summed E-state index contributed by atoms with van der Waals surface area (Å²) < 4.78 is 5.66. The number of hydrogen-bond donors (Lipinski definition) is 0. The molecule has 0 aromatic heterocycles. The summed E-state index contributed by atoms with van der Waals surface area (Å²) in [5, 5.41) is 10.8. The van der Waals surface area contributed by atoms with Crippen LogP contribution in [0.4, 0.5) is 5.69 Å². The van der Waals surface area contributed by atoms with Crippen LogP contribution in [0.15, 0.2) is 18.2 Å². The van der Waals surface area contributed by atoms with Crippen LogP contribution in [0.5, 0.6) is 0 Å². The number of ether oxygens (including phenoxy) is 1. The van der Waals surface area contributed by atoms with Crippen LogP contribution in [0.2, 0.25) is 0 Å². The zero-order valence-corrected chi connectivity index (χ0v) is 11.5. The number of carbonyl (C=O) groups excluding carboxylic acids is 1. The van der Waals surface area contributed by atoms with Crippen LogP contribution >= 0.6 is 22.6 Å². The minimum Gasteiger partial charge on any atom is -0.462 e. The van der Waals surface area contributed by atoms with Crippen molar-refractivity contribution in [1.82, 2.24) is 0 Å². The maximum atomic E-state index is 11.6. The summed E-state index contributed by atoms with van der Waals surface area (Å²) in [6.07, 6.45) is 1.66. The van der Waals surface area contributed by atoms with E-state index in [1.165, 1.54) is 12.1 Å². The molecule has 0 saturated heterocycles. The zero-order chi connectivity index (χ0) is 12.8. The molecular formula is C11H12INO4. The Kier molecular flexibility index (Phi) is 5.33. The molecule has 1 rings (SSSR count). The molecular weight excluding hydrogens is 337 g/mol. The second-order valence-corrected chi connectivity index (χ2v) is 4.65. The van der Waals surface area contributed by atoms with Crippen molar-refractivity contribution in [2.24, 2.45) is 0 Å². The van der Waals surface area contributed by atoms with Gasteiger partial charge in [0.05, 0.1) is 11.5 Å². The summed E-state index contributed by atoms with van der Waals surface area (Å²) in [5.41, 5.74) is -0.204. The van der Waals surface area contributed by atoms with Gasteiger partial charge in [-0.3, -0.25) is 10.1 Å². The van der Waals surface area contributed by atoms with E-state index in [1.807, 2.05) is 29.5 Å². The summed E-state index contributed by atoms with van der Waals surface area (Å²) >= 11 is 1.96.